The summed E-state index contributed by atoms with van der Waals surface area (Å²) in [5.41, 5.74) is 0. The third-order valence-corrected chi connectivity index (χ3v) is 2.57. The second-order valence-corrected chi connectivity index (χ2v) is 3.53. The van der Waals surface area contributed by atoms with Crippen LogP contribution in [0, 0.1) is 0 Å². The van der Waals surface area contributed by atoms with Gasteiger partial charge in [-0.25, -0.2) is 0 Å². The van der Waals surface area contributed by atoms with Crippen LogP contribution in [0.2, 0.25) is 0 Å². The first-order chi connectivity index (χ1) is 5.33. The van der Waals surface area contributed by atoms with Crippen molar-refractivity contribution in [3.63, 3.8) is 0 Å². The molecule has 0 radical (unpaired) electrons. The van der Waals surface area contributed by atoms with Gasteiger partial charge >= 0.3 is 0 Å². The molecule has 0 aromatic heterocycles. The summed E-state index contributed by atoms with van der Waals surface area (Å²) in [5, 5.41) is 3.26. The van der Waals surface area contributed by atoms with Gasteiger partial charge in [0.1, 0.15) is 0 Å². The van der Waals surface area contributed by atoms with Crippen LogP contribution in [0.4, 0.5) is 0 Å². The molecule has 0 aromatic rings. The van der Waals surface area contributed by atoms with Crippen LogP contribution in [0.1, 0.15) is 26.2 Å². The van der Waals surface area contributed by atoms with Gasteiger partial charge in [-0.3, -0.25) is 0 Å². The molecule has 1 fully saturated rings. The zero-order valence-electron chi connectivity index (χ0n) is 7.77. The molecule has 1 aliphatic rings. The van der Waals surface area contributed by atoms with E-state index >= 15 is 0 Å². The van der Waals surface area contributed by atoms with Crippen LogP contribution in [-0.4, -0.2) is 37.6 Å². The highest BCUT2D eigenvalue weighted by molar-refractivity contribution is 4.68. The van der Waals surface area contributed by atoms with E-state index in [0.29, 0.717) is 6.04 Å². The zero-order valence-corrected chi connectivity index (χ0v) is 7.77. The van der Waals surface area contributed by atoms with Crippen LogP contribution in [0.5, 0.6) is 0 Å². The van der Waals surface area contributed by atoms with E-state index in [-0.39, 0.29) is 0 Å². The number of likely N-dealkylation sites (tertiary alicyclic amines) is 1. The molecule has 0 spiro atoms. The lowest BCUT2D eigenvalue weighted by Gasteiger charge is -2.17. The molecule has 11 heavy (non-hydrogen) atoms. The van der Waals surface area contributed by atoms with Gasteiger partial charge in [0.05, 0.1) is 0 Å². The highest BCUT2D eigenvalue weighted by Crippen LogP contribution is 2.07. The van der Waals surface area contributed by atoms with E-state index in [9.17, 15) is 0 Å². The Morgan fingerprint density at radius 1 is 1.36 bits per heavy atom. The average Bonchev–Trinajstić information content (AvgIpc) is 2.52. The first kappa shape index (κ1) is 9.01. The van der Waals surface area contributed by atoms with Gasteiger partial charge in [-0.05, 0) is 52.9 Å². The highest BCUT2D eigenvalue weighted by Gasteiger charge is 2.11. The van der Waals surface area contributed by atoms with Gasteiger partial charge in [0, 0.05) is 6.04 Å². The molecule has 2 nitrogen and oxygen atoms in total. The van der Waals surface area contributed by atoms with E-state index in [0.717, 1.165) is 0 Å². The number of nitrogens with one attached hydrogen (secondary N) is 1. The monoisotopic (exact) mass is 156 g/mol. The maximum Gasteiger partial charge on any atom is 0.00479 e. The molecule has 0 amide bonds. The van der Waals surface area contributed by atoms with Gasteiger partial charge in [0.25, 0.3) is 0 Å². The molecule has 1 aliphatic heterocycles. The zero-order chi connectivity index (χ0) is 8.10. The molecule has 0 bridgehead atoms. The fraction of sp³-hybridized carbons (Fsp3) is 1.00. The Balaban J connectivity index is 2.01. The third kappa shape index (κ3) is 3.21. The Bertz CT molecular complexity index is 97.7. The smallest absolute Gasteiger partial charge is 0.00479 e. The summed E-state index contributed by atoms with van der Waals surface area (Å²) in [5.74, 6) is 0. The normalized spacial score (nSPS) is 22.4. The Hall–Kier alpha value is -0.0800. The van der Waals surface area contributed by atoms with Crippen molar-refractivity contribution in [2.24, 2.45) is 0 Å². The largest absolute Gasteiger partial charge is 0.317 e. The van der Waals surface area contributed by atoms with Crippen molar-refractivity contribution >= 4 is 0 Å². The molecule has 1 heterocycles. The van der Waals surface area contributed by atoms with Gasteiger partial charge < -0.3 is 10.2 Å². The first-order valence-corrected chi connectivity index (χ1v) is 4.72. The van der Waals surface area contributed by atoms with Crippen LogP contribution in [-0.2, 0) is 0 Å². The Morgan fingerprint density at radius 3 is 2.55 bits per heavy atom. The van der Waals surface area contributed by atoms with Crippen molar-refractivity contribution in [3.8, 4) is 0 Å². The molecule has 1 rings (SSSR count). The summed E-state index contributed by atoms with van der Waals surface area (Å²) in [7, 11) is 2.04. The van der Waals surface area contributed by atoms with Crippen molar-refractivity contribution < 1.29 is 0 Å². The van der Waals surface area contributed by atoms with Crippen LogP contribution in [0.3, 0.4) is 0 Å². The molecule has 66 valence electrons. The molecule has 1 unspecified atom stereocenters. The van der Waals surface area contributed by atoms with Crippen LogP contribution < -0.4 is 5.32 Å². The SMILES string of the molecule is CNC(C)CCN1CCCC1. The molecule has 1 N–H and O–H groups in total. The Labute approximate surface area is 70.0 Å². The number of hydrogen-bond acceptors (Lipinski definition) is 2. The van der Waals surface area contributed by atoms with E-state index in [1.807, 2.05) is 7.05 Å². The van der Waals surface area contributed by atoms with Gasteiger partial charge in [-0.2, -0.15) is 0 Å². The summed E-state index contributed by atoms with van der Waals surface area (Å²) in [4.78, 5) is 2.56. The summed E-state index contributed by atoms with van der Waals surface area (Å²) < 4.78 is 0. The van der Waals surface area contributed by atoms with Gasteiger partial charge in [0.15, 0.2) is 0 Å². The van der Waals surface area contributed by atoms with Gasteiger partial charge in [-0.1, -0.05) is 0 Å². The van der Waals surface area contributed by atoms with Crippen LogP contribution in [0.15, 0.2) is 0 Å². The predicted molar refractivity (Wildman–Crippen MR) is 48.8 cm³/mol. The third-order valence-electron chi connectivity index (χ3n) is 2.57. The van der Waals surface area contributed by atoms with Crippen molar-refractivity contribution in [1.29, 1.82) is 0 Å². The summed E-state index contributed by atoms with van der Waals surface area (Å²) in [6.07, 6.45) is 4.11. The number of hydrogen-bond donors (Lipinski definition) is 1. The molecule has 0 saturated carbocycles. The predicted octanol–water partition coefficient (Wildman–Crippen LogP) is 1.08. The minimum absolute atomic E-state index is 0.676. The van der Waals surface area contributed by atoms with E-state index in [1.54, 1.807) is 0 Å². The summed E-state index contributed by atoms with van der Waals surface area (Å²) in [6.45, 7) is 6.19. The molecule has 1 atom stereocenters. The first-order valence-electron chi connectivity index (χ1n) is 4.72. The van der Waals surface area contributed by atoms with Gasteiger partial charge in [0.2, 0.25) is 0 Å². The maximum absolute atomic E-state index is 3.26. The summed E-state index contributed by atoms with van der Waals surface area (Å²) >= 11 is 0. The molecule has 1 saturated heterocycles. The van der Waals surface area contributed by atoms with Crippen molar-refractivity contribution in [2.75, 3.05) is 26.7 Å². The number of rotatable bonds is 4. The lowest BCUT2D eigenvalue weighted by atomic mass is 10.2. The Kier molecular flexibility index (Phi) is 3.87. The van der Waals surface area contributed by atoms with Crippen LogP contribution >= 0.6 is 0 Å². The van der Waals surface area contributed by atoms with Crippen molar-refractivity contribution in [2.45, 2.75) is 32.2 Å². The molecule has 2 heteroatoms. The lowest BCUT2D eigenvalue weighted by molar-refractivity contribution is 0.317. The second kappa shape index (κ2) is 4.73. The molecular formula is C9H20N2. The second-order valence-electron chi connectivity index (χ2n) is 3.53. The maximum atomic E-state index is 3.26. The van der Waals surface area contributed by atoms with E-state index < -0.39 is 0 Å². The molecule has 0 aromatic carbocycles. The van der Waals surface area contributed by atoms with E-state index in [2.05, 4.69) is 17.1 Å². The van der Waals surface area contributed by atoms with Crippen LogP contribution in [0.25, 0.3) is 0 Å². The molecular weight excluding hydrogens is 136 g/mol. The standard InChI is InChI=1S/C9H20N2/c1-9(10-2)5-8-11-6-3-4-7-11/h9-10H,3-8H2,1-2H3. The number of nitrogens with zero attached hydrogens (tertiary/aromatic N) is 1. The fourth-order valence-electron chi connectivity index (χ4n) is 1.53. The van der Waals surface area contributed by atoms with Crippen molar-refractivity contribution in [3.05, 3.63) is 0 Å². The van der Waals surface area contributed by atoms with E-state index in [4.69, 9.17) is 0 Å². The van der Waals surface area contributed by atoms with E-state index in [1.165, 1.54) is 38.9 Å². The summed E-state index contributed by atoms with van der Waals surface area (Å²) in [6, 6.07) is 0.676. The fourth-order valence-corrected chi connectivity index (χ4v) is 1.53. The average molecular weight is 156 g/mol. The van der Waals surface area contributed by atoms with Crippen molar-refractivity contribution in [1.82, 2.24) is 10.2 Å². The molecule has 0 aliphatic carbocycles. The topological polar surface area (TPSA) is 15.3 Å². The minimum Gasteiger partial charge on any atom is -0.317 e. The Morgan fingerprint density at radius 2 is 2.00 bits per heavy atom. The highest BCUT2D eigenvalue weighted by atomic mass is 15.1. The quantitative estimate of drug-likeness (QED) is 0.655. The minimum atomic E-state index is 0.676. The van der Waals surface area contributed by atoms with Gasteiger partial charge in [-0.15, -0.1) is 0 Å². The lowest BCUT2D eigenvalue weighted by Crippen LogP contribution is -2.28.